The van der Waals surface area contributed by atoms with Crippen LogP contribution in [0.25, 0.3) is 0 Å². The third-order valence-electron chi connectivity index (χ3n) is 2.29. The number of aromatic nitrogens is 1. The van der Waals surface area contributed by atoms with Crippen molar-refractivity contribution < 1.29 is 9.15 Å². The smallest absolute Gasteiger partial charge is 0.194 e. The van der Waals surface area contributed by atoms with Crippen LogP contribution in [0, 0.1) is 5.92 Å². The van der Waals surface area contributed by atoms with Gasteiger partial charge < -0.3 is 14.9 Å². The topological polar surface area (TPSA) is 61.3 Å². The zero-order valence-corrected chi connectivity index (χ0v) is 7.53. The number of nitrogens with zero attached hydrogens (tertiary/aromatic N) is 1. The lowest BCUT2D eigenvalue weighted by Gasteiger charge is -2.01. The molecule has 13 heavy (non-hydrogen) atoms. The van der Waals surface area contributed by atoms with E-state index in [1.54, 1.807) is 6.20 Å². The maximum absolute atomic E-state index is 5.41. The molecule has 2 N–H and O–H groups in total. The van der Waals surface area contributed by atoms with Crippen LogP contribution in [0.1, 0.15) is 18.1 Å². The van der Waals surface area contributed by atoms with Crippen molar-refractivity contribution in [3.63, 3.8) is 0 Å². The molecular weight excluding hydrogens is 168 g/mol. The van der Waals surface area contributed by atoms with Gasteiger partial charge in [0.1, 0.15) is 5.76 Å². The first kappa shape index (κ1) is 8.72. The fourth-order valence-corrected chi connectivity index (χ4v) is 1.53. The highest BCUT2D eigenvalue weighted by Gasteiger charge is 2.18. The zero-order valence-electron chi connectivity index (χ0n) is 7.53. The summed E-state index contributed by atoms with van der Waals surface area (Å²) in [5, 5.41) is 0. The van der Waals surface area contributed by atoms with E-state index in [-0.39, 0.29) is 0 Å². The van der Waals surface area contributed by atoms with Gasteiger partial charge in [-0.2, -0.15) is 0 Å². The Labute approximate surface area is 77.1 Å². The van der Waals surface area contributed by atoms with Crippen molar-refractivity contribution in [1.82, 2.24) is 4.98 Å². The Bertz CT molecular complexity index is 266. The first-order valence-electron chi connectivity index (χ1n) is 4.60. The van der Waals surface area contributed by atoms with Gasteiger partial charge in [0, 0.05) is 19.6 Å². The van der Waals surface area contributed by atoms with Gasteiger partial charge in [0.2, 0.25) is 0 Å². The summed E-state index contributed by atoms with van der Waals surface area (Å²) in [6.07, 6.45) is 3.69. The second-order valence-corrected chi connectivity index (χ2v) is 3.36. The highest BCUT2D eigenvalue weighted by Crippen LogP contribution is 2.17. The van der Waals surface area contributed by atoms with Crippen molar-refractivity contribution in [3.05, 3.63) is 17.8 Å². The van der Waals surface area contributed by atoms with Crippen LogP contribution in [0.4, 0.5) is 0 Å². The minimum atomic E-state index is 0.425. The molecule has 0 radical (unpaired) electrons. The van der Waals surface area contributed by atoms with Gasteiger partial charge in [-0.3, -0.25) is 0 Å². The summed E-state index contributed by atoms with van der Waals surface area (Å²) in [4.78, 5) is 4.15. The van der Waals surface area contributed by atoms with E-state index in [1.807, 2.05) is 0 Å². The van der Waals surface area contributed by atoms with Crippen molar-refractivity contribution in [2.75, 3.05) is 13.2 Å². The first-order chi connectivity index (χ1) is 6.38. The van der Waals surface area contributed by atoms with Gasteiger partial charge in [0.05, 0.1) is 12.7 Å². The van der Waals surface area contributed by atoms with Crippen LogP contribution in [-0.2, 0) is 17.7 Å². The van der Waals surface area contributed by atoms with E-state index in [0.29, 0.717) is 12.5 Å². The molecule has 0 amide bonds. The van der Waals surface area contributed by atoms with Crippen LogP contribution in [-0.4, -0.2) is 18.2 Å². The summed E-state index contributed by atoms with van der Waals surface area (Å²) in [7, 11) is 0. The molecule has 0 spiro atoms. The highest BCUT2D eigenvalue weighted by molar-refractivity contribution is 4.94. The molecule has 4 nitrogen and oxygen atoms in total. The van der Waals surface area contributed by atoms with E-state index >= 15 is 0 Å². The predicted molar refractivity (Wildman–Crippen MR) is 47.0 cm³/mol. The molecule has 1 aliphatic heterocycles. The van der Waals surface area contributed by atoms with Crippen molar-refractivity contribution in [2.24, 2.45) is 11.7 Å². The van der Waals surface area contributed by atoms with E-state index in [1.165, 1.54) is 0 Å². The molecule has 0 aliphatic carbocycles. The summed E-state index contributed by atoms with van der Waals surface area (Å²) >= 11 is 0. The second-order valence-electron chi connectivity index (χ2n) is 3.36. The van der Waals surface area contributed by atoms with Crippen LogP contribution >= 0.6 is 0 Å². The number of rotatable bonds is 3. The minimum Gasteiger partial charge on any atom is -0.444 e. The molecule has 1 aromatic heterocycles. The average Bonchev–Trinajstić information content (AvgIpc) is 2.76. The van der Waals surface area contributed by atoms with Gasteiger partial charge in [0.15, 0.2) is 5.89 Å². The normalized spacial score (nSPS) is 22.4. The Kier molecular flexibility index (Phi) is 2.61. The van der Waals surface area contributed by atoms with Crippen LogP contribution in [0.15, 0.2) is 10.6 Å². The Morgan fingerprint density at radius 3 is 3.15 bits per heavy atom. The van der Waals surface area contributed by atoms with Crippen molar-refractivity contribution in [1.29, 1.82) is 0 Å². The molecule has 0 bridgehead atoms. The summed E-state index contributed by atoms with van der Waals surface area (Å²) < 4.78 is 10.7. The third-order valence-corrected chi connectivity index (χ3v) is 2.29. The second kappa shape index (κ2) is 3.89. The number of oxazole rings is 1. The molecule has 1 aromatic rings. The van der Waals surface area contributed by atoms with E-state index in [9.17, 15) is 0 Å². The number of hydrogen-bond donors (Lipinski definition) is 1. The summed E-state index contributed by atoms with van der Waals surface area (Å²) in [6, 6.07) is 0. The van der Waals surface area contributed by atoms with E-state index in [4.69, 9.17) is 14.9 Å². The van der Waals surface area contributed by atoms with Crippen LogP contribution in [0.2, 0.25) is 0 Å². The maximum Gasteiger partial charge on any atom is 0.194 e. The molecule has 1 unspecified atom stereocenters. The maximum atomic E-state index is 5.41. The fourth-order valence-electron chi connectivity index (χ4n) is 1.53. The van der Waals surface area contributed by atoms with Gasteiger partial charge in [-0.05, 0) is 12.3 Å². The molecular formula is C9H14N2O2. The molecule has 4 heteroatoms. The Morgan fingerprint density at radius 2 is 2.54 bits per heavy atom. The Balaban J connectivity index is 1.92. The molecule has 1 fully saturated rings. The number of nitrogens with two attached hydrogens (primary N) is 1. The largest absolute Gasteiger partial charge is 0.444 e. The lowest BCUT2D eigenvalue weighted by atomic mass is 10.1. The van der Waals surface area contributed by atoms with Crippen molar-refractivity contribution in [2.45, 2.75) is 19.4 Å². The first-order valence-corrected chi connectivity index (χ1v) is 4.60. The third kappa shape index (κ3) is 2.08. The molecule has 0 aromatic carbocycles. The van der Waals surface area contributed by atoms with Gasteiger partial charge in [0.25, 0.3) is 0 Å². The van der Waals surface area contributed by atoms with E-state index < -0.39 is 0 Å². The monoisotopic (exact) mass is 182 g/mol. The SMILES string of the molecule is NCc1cnc(CC2CCOC2)o1. The Hall–Kier alpha value is -0.870. The molecule has 2 heterocycles. The summed E-state index contributed by atoms with van der Waals surface area (Å²) in [6.45, 7) is 2.13. The van der Waals surface area contributed by atoms with Gasteiger partial charge in [-0.1, -0.05) is 0 Å². The van der Waals surface area contributed by atoms with Gasteiger partial charge >= 0.3 is 0 Å². The lowest BCUT2D eigenvalue weighted by Crippen LogP contribution is -2.03. The van der Waals surface area contributed by atoms with E-state index in [2.05, 4.69) is 4.98 Å². The molecule has 1 aliphatic rings. The molecule has 2 rings (SSSR count). The molecule has 72 valence electrons. The number of hydrogen-bond acceptors (Lipinski definition) is 4. The van der Waals surface area contributed by atoms with Crippen LogP contribution in [0.5, 0.6) is 0 Å². The molecule has 1 atom stereocenters. The molecule has 1 saturated heterocycles. The van der Waals surface area contributed by atoms with Crippen molar-refractivity contribution in [3.8, 4) is 0 Å². The number of ether oxygens (including phenoxy) is 1. The van der Waals surface area contributed by atoms with Gasteiger partial charge in [-0.15, -0.1) is 0 Å². The predicted octanol–water partition coefficient (Wildman–Crippen LogP) is 0.712. The van der Waals surface area contributed by atoms with Crippen molar-refractivity contribution >= 4 is 0 Å². The van der Waals surface area contributed by atoms with Crippen LogP contribution < -0.4 is 5.73 Å². The quantitative estimate of drug-likeness (QED) is 0.748. The Morgan fingerprint density at radius 1 is 1.62 bits per heavy atom. The lowest BCUT2D eigenvalue weighted by molar-refractivity contribution is 0.184. The average molecular weight is 182 g/mol. The standard InChI is InChI=1S/C9H14N2O2/c10-4-8-5-11-9(13-8)3-7-1-2-12-6-7/h5,7H,1-4,6,10H2. The summed E-state index contributed by atoms with van der Waals surface area (Å²) in [5.41, 5.74) is 5.41. The molecule has 0 saturated carbocycles. The van der Waals surface area contributed by atoms with Gasteiger partial charge in [-0.25, -0.2) is 4.98 Å². The van der Waals surface area contributed by atoms with Crippen LogP contribution in [0.3, 0.4) is 0 Å². The fraction of sp³-hybridized carbons (Fsp3) is 0.667. The zero-order chi connectivity index (χ0) is 9.10. The van der Waals surface area contributed by atoms with E-state index in [0.717, 1.165) is 37.7 Å². The highest BCUT2D eigenvalue weighted by atomic mass is 16.5. The minimum absolute atomic E-state index is 0.425. The summed E-state index contributed by atoms with van der Waals surface area (Å²) in [5.74, 6) is 2.12.